The van der Waals surface area contributed by atoms with Gasteiger partial charge in [-0.1, -0.05) is 12.1 Å². The van der Waals surface area contributed by atoms with Crippen LogP contribution in [0.3, 0.4) is 0 Å². The summed E-state index contributed by atoms with van der Waals surface area (Å²) in [6.07, 6.45) is -5.44. The molecule has 0 fully saturated rings. The van der Waals surface area contributed by atoms with Gasteiger partial charge in [-0.3, -0.25) is 4.79 Å². The highest BCUT2D eigenvalue weighted by Crippen LogP contribution is 2.26. The van der Waals surface area contributed by atoms with E-state index in [0.29, 0.717) is 17.9 Å². The first-order valence-corrected chi connectivity index (χ1v) is 9.81. The van der Waals surface area contributed by atoms with Crippen molar-refractivity contribution in [2.24, 2.45) is 0 Å². The van der Waals surface area contributed by atoms with Crippen LogP contribution >= 0.6 is 0 Å². The van der Waals surface area contributed by atoms with Crippen LogP contribution in [-0.2, 0) is 14.8 Å². The minimum absolute atomic E-state index is 0.339. The lowest BCUT2D eigenvalue weighted by molar-refractivity contribution is -0.274. The fourth-order valence-electron chi connectivity index (χ4n) is 2.44. The minimum atomic E-state index is -4.90. The number of carboxylic acid groups (broad SMARTS) is 1. The molecule has 0 aromatic heterocycles. The van der Waals surface area contributed by atoms with Gasteiger partial charge in [-0.15, -0.1) is 13.2 Å². The first-order valence-electron chi connectivity index (χ1n) is 8.33. The highest BCUT2D eigenvalue weighted by atomic mass is 32.2. The Balaban J connectivity index is 2.23. The quantitative estimate of drug-likeness (QED) is 0.628. The maximum atomic E-state index is 12.6. The Labute approximate surface area is 165 Å². The number of hydrogen-bond acceptors (Lipinski definition) is 5. The summed E-state index contributed by atoms with van der Waals surface area (Å²) in [5.41, 5.74) is 0.386. The minimum Gasteiger partial charge on any atom is -0.494 e. The monoisotopic (exact) mass is 433 g/mol. The SMILES string of the molecule is CCOc1ccc(C(CC(=O)O)NS(=O)(=O)c2ccc(OC(F)(F)F)cc2)cc1. The third kappa shape index (κ3) is 6.95. The molecule has 0 aliphatic heterocycles. The Hall–Kier alpha value is -2.79. The topological polar surface area (TPSA) is 102 Å². The van der Waals surface area contributed by atoms with Gasteiger partial charge in [-0.05, 0) is 48.9 Å². The standard InChI is InChI=1S/C18H18F3NO6S/c1-2-27-13-5-3-12(4-6-13)16(11-17(23)24)22-29(25,26)15-9-7-14(8-10-15)28-18(19,20)21/h3-10,16,22H,2,11H2,1H3,(H,23,24). The third-order valence-corrected chi connectivity index (χ3v) is 5.12. The fraction of sp³-hybridized carbons (Fsp3) is 0.278. The molecule has 1 unspecified atom stereocenters. The number of aliphatic carboxylic acids is 1. The van der Waals surface area contributed by atoms with E-state index in [1.165, 1.54) is 12.1 Å². The predicted octanol–water partition coefficient (Wildman–Crippen LogP) is 3.48. The third-order valence-electron chi connectivity index (χ3n) is 3.64. The molecule has 11 heteroatoms. The van der Waals surface area contributed by atoms with Crippen molar-refractivity contribution in [1.82, 2.24) is 4.72 Å². The molecule has 2 rings (SSSR count). The lowest BCUT2D eigenvalue weighted by Gasteiger charge is -2.18. The normalized spacial score (nSPS) is 13.0. The molecule has 2 aromatic carbocycles. The van der Waals surface area contributed by atoms with Crippen LogP contribution in [0, 0.1) is 0 Å². The van der Waals surface area contributed by atoms with E-state index >= 15 is 0 Å². The molecule has 0 spiro atoms. The second kappa shape index (κ2) is 9.14. The maximum Gasteiger partial charge on any atom is 0.573 e. The van der Waals surface area contributed by atoms with Crippen LogP contribution in [0.4, 0.5) is 13.2 Å². The van der Waals surface area contributed by atoms with Gasteiger partial charge >= 0.3 is 12.3 Å². The number of carbonyl (C=O) groups is 1. The zero-order valence-electron chi connectivity index (χ0n) is 15.1. The molecule has 1 atom stereocenters. The number of alkyl halides is 3. The fourth-order valence-corrected chi connectivity index (χ4v) is 3.67. The van der Waals surface area contributed by atoms with E-state index in [2.05, 4.69) is 9.46 Å². The van der Waals surface area contributed by atoms with E-state index in [9.17, 15) is 26.4 Å². The molecule has 0 radical (unpaired) electrons. The van der Waals surface area contributed by atoms with E-state index in [1.807, 2.05) is 0 Å². The average molecular weight is 433 g/mol. The molecule has 0 aliphatic carbocycles. The van der Waals surface area contributed by atoms with Gasteiger partial charge in [0.05, 0.1) is 24.0 Å². The number of hydrogen-bond donors (Lipinski definition) is 2. The highest BCUT2D eigenvalue weighted by molar-refractivity contribution is 7.89. The molecule has 29 heavy (non-hydrogen) atoms. The zero-order valence-corrected chi connectivity index (χ0v) is 16.0. The Bertz CT molecular complexity index is 928. The van der Waals surface area contributed by atoms with Gasteiger partial charge in [0.1, 0.15) is 11.5 Å². The van der Waals surface area contributed by atoms with Crippen LogP contribution in [0.2, 0.25) is 0 Å². The Kier molecular flexibility index (Phi) is 7.09. The number of benzene rings is 2. The smallest absolute Gasteiger partial charge is 0.494 e. The van der Waals surface area contributed by atoms with Crippen LogP contribution in [0.15, 0.2) is 53.4 Å². The molecule has 158 valence electrons. The largest absolute Gasteiger partial charge is 0.573 e. The molecule has 0 aliphatic rings. The van der Waals surface area contributed by atoms with Crippen LogP contribution in [0.1, 0.15) is 24.9 Å². The summed E-state index contributed by atoms with van der Waals surface area (Å²) in [5, 5.41) is 9.11. The first-order chi connectivity index (χ1) is 13.5. The van der Waals surface area contributed by atoms with Crippen molar-refractivity contribution >= 4 is 16.0 Å². The molecular weight excluding hydrogens is 415 g/mol. The van der Waals surface area contributed by atoms with Gasteiger partial charge < -0.3 is 14.6 Å². The maximum absolute atomic E-state index is 12.6. The number of sulfonamides is 1. The van der Waals surface area contributed by atoms with E-state index in [-0.39, 0.29) is 4.90 Å². The van der Waals surface area contributed by atoms with Crippen LogP contribution in [0.5, 0.6) is 11.5 Å². The van der Waals surface area contributed by atoms with Gasteiger partial charge in [0.2, 0.25) is 10.0 Å². The number of nitrogens with one attached hydrogen (secondary N) is 1. The summed E-state index contributed by atoms with van der Waals surface area (Å²) >= 11 is 0. The van der Waals surface area contributed by atoms with E-state index < -0.39 is 40.6 Å². The van der Waals surface area contributed by atoms with Gasteiger partial charge in [-0.25, -0.2) is 13.1 Å². The van der Waals surface area contributed by atoms with Crippen molar-refractivity contribution in [2.45, 2.75) is 30.6 Å². The second-order valence-electron chi connectivity index (χ2n) is 5.79. The molecular formula is C18H18F3NO6S. The summed E-state index contributed by atoms with van der Waals surface area (Å²) in [6.45, 7) is 2.22. The summed E-state index contributed by atoms with van der Waals surface area (Å²) in [6, 6.07) is 8.67. The predicted molar refractivity (Wildman–Crippen MR) is 96.1 cm³/mol. The molecule has 0 saturated heterocycles. The lowest BCUT2D eigenvalue weighted by atomic mass is 10.0. The second-order valence-corrected chi connectivity index (χ2v) is 7.51. The number of rotatable bonds is 9. The Morgan fingerprint density at radius 2 is 1.62 bits per heavy atom. The summed E-state index contributed by atoms with van der Waals surface area (Å²) in [5.74, 6) is -1.28. The Morgan fingerprint density at radius 1 is 1.07 bits per heavy atom. The van der Waals surface area contributed by atoms with Crippen molar-refractivity contribution < 1.29 is 41.0 Å². The summed E-state index contributed by atoms with van der Waals surface area (Å²) < 4.78 is 73.0. The van der Waals surface area contributed by atoms with Gasteiger partial charge in [0.25, 0.3) is 0 Å². The first kappa shape index (κ1) is 22.5. The van der Waals surface area contributed by atoms with Crippen LogP contribution in [-0.4, -0.2) is 32.5 Å². The molecule has 0 saturated carbocycles. The molecule has 7 nitrogen and oxygen atoms in total. The van der Waals surface area contributed by atoms with Gasteiger partial charge in [0, 0.05) is 0 Å². The van der Waals surface area contributed by atoms with Gasteiger partial charge in [-0.2, -0.15) is 0 Å². The van der Waals surface area contributed by atoms with Crippen molar-refractivity contribution in [2.75, 3.05) is 6.61 Å². The number of carboxylic acids is 1. The van der Waals surface area contributed by atoms with Crippen LogP contribution < -0.4 is 14.2 Å². The van der Waals surface area contributed by atoms with Gasteiger partial charge in [0.15, 0.2) is 0 Å². The van der Waals surface area contributed by atoms with E-state index in [0.717, 1.165) is 24.3 Å². The van der Waals surface area contributed by atoms with E-state index in [4.69, 9.17) is 9.84 Å². The van der Waals surface area contributed by atoms with Crippen LogP contribution in [0.25, 0.3) is 0 Å². The molecule has 0 amide bonds. The van der Waals surface area contributed by atoms with Crippen molar-refractivity contribution in [3.8, 4) is 11.5 Å². The molecule has 2 N–H and O–H groups in total. The number of ether oxygens (including phenoxy) is 2. The highest BCUT2D eigenvalue weighted by Gasteiger charge is 2.31. The van der Waals surface area contributed by atoms with Crippen molar-refractivity contribution in [3.05, 3.63) is 54.1 Å². The average Bonchev–Trinajstić information content (AvgIpc) is 2.60. The zero-order chi connectivity index (χ0) is 21.7. The lowest BCUT2D eigenvalue weighted by Crippen LogP contribution is -2.30. The summed E-state index contributed by atoms with van der Waals surface area (Å²) in [7, 11) is -4.22. The Morgan fingerprint density at radius 3 is 2.10 bits per heavy atom. The molecule has 2 aromatic rings. The van der Waals surface area contributed by atoms with E-state index in [1.54, 1.807) is 19.1 Å². The van der Waals surface area contributed by atoms with Crippen molar-refractivity contribution in [1.29, 1.82) is 0 Å². The molecule has 0 heterocycles. The summed E-state index contributed by atoms with van der Waals surface area (Å²) in [4.78, 5) is 10.8. The molecule has 0 bridgehead atoms. The number of halogens is 3. The van der Waals surface area contributed by atoms with Crippen molar-refractivity contribution in [3.63, 3.8) is 0 Å².